The van der Waals surface area contributed by atoms with Crippen molar-refractivity contribution in [2.24, 2.45) is 5.73 Å². The lowest BCUT2D eigenvalue weighted by atomic mass is 10.1. The van der Waals surface area contributed by atoms with E-state index in [-0.39, 0.29) is 18.1 Å². The van der Waals surface area contributed by atoms with Crippen LogP contribution < -0.4 is 5.73 Å². The third-order valence-corrected chi connectivity index (χ3v) is 4.48. The van der Waals surface area contributed by atoms with Gasteiger partial charge in [0, 0.05) is 32.2 Å². The molecule has 20 heavy (non-hydrogen) atoms. The summed E-state index contributed by atoms with van der Waals surface area (Å²) in [5.74, 6) is 1.00. The fraction of sp³-hybridized carbons (Fsp3) is 0.929. The van der Waals surface area contributed by atoms with Gasteiger partial charge in [0.1, 0.15) is 0 Å². The number of piperazine rings is 1. The van der Waals surface area contributed by atoms with Crippen molar-refractivity contribution in [2.75, 3.05) is 38.2 Å². The maximum Gasteiger partial charge on any atom is 0.239 e. The highest BCUT2D eigenvalue weighted by atomic mass is 32.2. The van der Waals surface area contributed by atoms with Crippen LogP contribution in [-0.4, -0.2) is 77.2 Å². The van der Waals surface area contributed by atoms with Gasteiger partial charge in [-0.25, -0.2) is 0 Å². The Balaban J connectivity index is 2.52. The number of thioether (sulfide) groups is 1. The zero-order chi connectivity index (χ0) is 15.1. The number of hydrogen-bond donors (Lipinski definition) is 2. The minimum Gasteiger partial charge on any atom is -0.392 e. The second-order valence-electron chi connectivity index (χ2n) is 5.58. The van der Waals surface area contributed by atoms with Gasteiger partial charge in [-0.1, -0.05) is 6.92 Å². The van der Waals surface area contributed by atoms with Gasteiger partial charge in [0.25, 0.3) is 0 Å². The van der Waals surface area contributed by atoms with Crippen molar-refractivity contribution in [2.45, 2.75) is 44.9 Å². The van der Waals surface area contributed by atoms with Crippen LogP contribution in [0.5, 0.6) is 0 Å². The molecule has 1 aliphatic heterocycles. The molecule has 1 saturated heterocycles. The second-order valence-corrected chi connectivity index (χ2v) is 6.56. The number of amides is 1. The van der Waals surface area contributed by atoms with Gasteiger partial charge in [-0.05, 0) is 31.8 Å². The van der Waals surface area contributed by atoms with Gasteiger partial charge in [0.15, 0.2) is 0 Å². The zero-order valence-corrected chi connectivity index (χ0v) is 13.7. The summed E-state index contributed by atoms with van der Waals surface area (Å²) in [4.78, 5) is 16.5. The molecular weight excluding hydrogens is 274 g/mol. The van der Waals surface area contributed by atoms with Crippen molar-refractivity contribution in [3.05, 3.63) is 0 Å². The molecule has 0 aromatic carbocycles. The van der Waals surface area contributed by atoms with E-state index in [1.807, 2.05) is 18.1 Å². The summed E-state index contributed by atoms with van der Waals surface area (Å²) < 4.78 is 0. The third-order valence-electron chi connectivity index (χ3n) is 3.84. The van der Waals surface area contributed by atoms with E-state index < -0.39 is 0 Å². The zero-order valence-electron chi connectivity index (χ0n) is 12.9. The van der Waals surface area contributed by atoms with E-state index >= 15 is 0 Å². The predicted molar refractivity (Wildman–Crippen MR) is 84.9 cm³/mol. The van der Waals surface area contributed by atoms with Gasteiger partial charge in [-0.2, -0.15) is 11.8 Å². The molecule has 0 aromatic rings. The second kappa shape index (κ2) is 8.87. The molecule has 0 aliphatic carbocycles. The first-order chi connectivity index (χ1) is 9.49. The molecular formula is C14H29N3O2S. The van der Waals surface area contributed by atoms with Gasteiger partial charge in [0.05, 0.1) is 12.1 Å². The van der Waals surface area contributed by atoms with Crippen molar-refractivity contribution in [3.8, 4) is 0 Å². The van der Waals surface area contributed by atoms with Crippen LogP contribution in [0.3, 0.4) is 0 Å². The van der Waals surface area contributed by atoms with Gasteiger partial charge >= 0.3 is 0 Å². The summed E-state index contributed by atoms with van der Waals surface area (Å²) in [6.45, 7) is 6.89. The van der Waals surface area contributed by atoms with Crippen LogP contribution >= 0.6 is 11.8 Å². The van der Waals surface area contributed by atoms with E-state index in [0.29, 0.717) is 12.6 Å². The number of aliphatic hydroxyl groups is 1. The minimum absolute atomic E-state index is 0.0780. The van der Waals surface area contributed by atoms with Crippen LogP contribution in [0, 0.1) is 0 Å². The van der Waals surface area contributed by atoms with E-state index in [4.69, 9.17) is 5.73 Å². The lowest BCUT2D eigenvalue weighted by Crippen LogP contribution is -2.58. The lowest BCUT2D eigenvalue weighted by molar-refractivity contribution is -0.136. The number of carbonyl (C=O) groups is 1. The first kappa shape index (κ1) is 17.8. The van der Waals surface area contributed by atoms with Crippen LogP contribution in [0.1, 0.15) is 26.7 Å². The largest absolute Gasteiger partial charge is 0.392 e. The molecule has 1 fully saturated rings. The molecule has 0 aromatic heterocycles. The Bertz CT molecular complexity index is 302. The first-order valence-corrected chi connectivity index (χ1v) is 8.84. The minimum atomic E-state index is -0.372. The van der Waals surface area contributed by atoms with Crippen LogP contribution in [0.2, 0.25) is 0 Å². The van der Waals surface area contributed by atoms with Crippen molar-refractivity contribution in [1.29, 1.82) is 0 Å². The van der Waals surface area contributed by atoms with Crippen LogP contribution in [0.4, 0.5) is 0 Å². The van der Waals surface area contributed by atoms with Gasteiger partial charge < -0.3 is 15.7 Å². The summed E-state index contributed by atoms with van der Waals surface area (Å²) in [6, 6.07) is -0.0432. The quantitative estimate of drug-likeness (QED) is 0.711. The predicted octanol–water partition coefficient (Wildman–Crippen LogP) is 0.370. The van der Waals surface area contributed by atoms with Gasteiger partial charge in [-0.15, -0.1) is 0 Å². The smallest absolute Gasteiger partial charge is 0.239 e. The first-order valence-electron chi connectivity index (χ1n) is 7.45. The molecule has 118 valence electrons. The van der Waals surface area contributed by atoms with Gasteiger partial charge in [-0.3, -0.25) is 9.69 Å². The fourth-order valence-electron chi connectivity index (χ4n) is 2.66. The molecule has 0 saturated carbocycles. The average molecular weight is 303 g/mol. The van der Waals surface area contributed by atoms with E-state index in [9.17, 15) is 9.90 Å². The maximum atomic E-state index is 12.3. The SMILES string of the molecule is CCC1CN(C(=O)[C@@H](N)CCSC)CCN1CC(C)O. The normalized spacial score (nSPS) is 23.6. The standard InChI is InChI=1S/C14H29N3O2S/c1-4-12-10-17(7-6-16(12)9-11(2)18)14(19)13(15)5-8-20-3/h11-13,18H,4-10,15H2,1-3H3/t11?,12?,13-/m0/s1. The van der Waals surface area contributed by atoms with Gasteiger partial charge in [0.2, 0.25) is 5.91 Å². The highest BCUT2D eigenvalue weighted by Crippen LogP contribution is 2.15. The molecule has 5 nitrogen and oxygen atoms in total. The number of aliphatic hydroxyl groups excluding tert-OH is 1. The molecule has 1 rings (SSSR count). The van der Waals surface area contributed by atoms with Crippen molar-refractivity contribution < 1.29 is 9.90 Å². The maximum absolute atomic E-state index is 12.3. The summed E-state index contributed by atoms with van der Waals surface area (Å²) in [7, 11) is 0. The molecule has 0 radical (unpaired) electrons. The van der Waals surface area contributed by atoms with E-state index in [0.717, 1.165) is 38.2 Å². The van der Waals surface area contributed by atoms with Crippen LogP contribution in [0.15, 0.2) is 0 Å². The Labute approximate surface area is 126 Å². The van der Waals surface area contributed by atoms with Crippen LogP contribution in [0.25, 0.3) is 0 Å². The lowest BCUT2D eigenvalue weighted by Gasteiger charge is -2.42. The topological polar surface area (TPSA) is 69.8 Å². The fourth-order valence-corrected chi connectivity index (χ4v) is 3.15. The molecule has 0 spiro atoms. The molecule has 2 unspecified atom stereocenters. The Morgan fingerprint density at radius 1 is 1.50 bits per heavy atom. The highest BCUT2D eigenvalue weighted by Gasteiger charge is 2.30. The molecule has 6 heteroatoms. The monoisotopic (exact) mass is 303 g/mol. The Morgan fingerprint density at radius 2 is 2.20 bits per heavy atom. The number of carbonyl (C=O) groups excluding carboxylic acids is 1. The summed E-state index contributed by atoms with van der Waals surface area (Å²) in [5, 5.41) is 9.53. The molecule has 3 N–H and O–H groups in total. The van der Waals surface area contributed by atoms with Crippen molar-refractivity contribution >= 4 is 17.7 Å². The van der Waals surface area contributed by atoms with Crippen LogP contribution in [-0.2, 0) is 4.79 Å². The van der Waals surface area contributed by atoms with Crippen molar-refractivity contribution in [3.63, 3.8) is 0 Å². The Kier molecular flexibility index (Phi) is 7.87. The molecule has 1 amide bonds. The molecule has 0 bridgehead atoms. The Hall–Kier alpha value is -0.300. The highest BCUT2D eigenvalue weighted by molar-refractivity contribution is 7.98. The van der Waals surface area contributed by atoms with Crippen molar-refractivity contribution in [1.82, 2.24) is 9.80 Å². The Morgan fingerprint density at radius 3 is 2.75 bits per heavy atom. The number of β-amino-alcohol motifs (C(OH)–C–C–N with tert-alkyl or cyclic N) is 1. The van der Waals surface area contributed by atoms with E-state index in [1.54, 1.807) is 11.8 Å². The van der Waals surface area contributed by atoms with E-state index in [1.165, 1.54) is 0 Å². The average Bonchev–Trinajstić information content (AvgIpc) is 2.43. The summed E-state index contributed by atoms with van der Waals surface area (Å²) in [5.41, 5.74) is 5.98. The third kappa shape index (κ3) is 5.24. The summed E-state index contributed by atoms with van der Waals surface area (Å²) >= 11 is 1.72. The molecule has 1 aliphatic rings. The number of nitrogens with zero attached hydrogens (tertiary/aromatic N) is 2. The van der Waals surface area contributed by atoms with E-state index in [2.05, 4.69) is 11.8 Å². The summed E-state index contributed by atoms with van der Waals surface area (Å²) in [6.07, 6.45) is 3.43. The number of nitrogens with two attached hydrogens (primary N) is 1. The molecule has 1 heterocycles. The molecule has 3 atom stereocenters. The number of hydrogen-bond acceptors (Lipinski definition) is 5. The number of rotatable bonds is 7.